The van der Waals surface area contributed by atoms with Crippen molar-refractivity contribution < 1.29 is 23.1 Å². The summed E-state index contributed by atoms with van der Waals surface area (Å²) in [6, 6.07) is 14.6. The van der Waals surface area contributed by atoms with Crippen molar-refractivity contribution in [2.45, 2.75) is 32.4 Å². The van der Waals surface area contributed by atoms with E-state index in [4.69, 9.17) is 9.72 Å². The Bertz CT molecular complexity index is 1200. The molecular formula is C23H26N2O5S. The number of hydrogen-bond donors (Lipinski definition) is 1. The fourth-order valence-electron chi connectivity index (χ4n) is 4.04. The molecule has 1 saturated heterocycles. The minimum atomic E-state index is -2.96. The first-order valence-electron chi connectivity index (χ1n) is 10.4. The van der Waals surface area contributed by atoms with Crippen LogP contribution < -0.4 is 4.74 Å². The fourth-order valence-corrected chi connectivity index (χ4v) is 5.90. The van der Waals surface area contributed by atoms with Gasteiger partial charge in [-0.15, -0.1) is 0 Å². The van der Waals surface area contributed by atoms with Gasteiger partial charge in [0.2, 0.25) is 0 Å². The van der Waals surface area contributed by atoms with Crippen molar-refractivity contribution in [3.63, 3.8) is 0 Å². The normalized spacial score (nSPS) is 18.8. The molecule has 0 amide bonds. The van der Waals surface area contributed by atoms with Crippen molar-refractivity contribution >= 4 is 26.7 Å². The van der Waals surface area contributed by atoms with Gasteiger partial charge in [-0.1, -0.05) is 24.3 Å². The summed E-state index contributed by atoms with van der Waals surface area (Å²) in [5.41, 5.74) is 2.28. The Hall–Kier alpha value is -2.71. The zero-order chi connectivity index (χ0) is 22.0. The number of nitrogens with zero attached hydrogens (tertiary/aromatic N) is 2. The number of aromatic nitrogens is 2. The molecule has 2 aromatic carbocycles. The van der Waals surface area contributed by atoms with Gasteiger partial charge < -0.3 is 14.4 Å². The molecule has 1 fully saturated rings. The number of carbonyl (C=O) groups excluding carboxylic acids is 1. The Morgan fingerprint density at radius 2 is 2.06 bits per heavy atom. The molecule has 0 unspecified atom stereocenters. The molecule has 7 nitrogen and oxygen atoms in total. The lowest BCUT2D eigenvalue weighted by Crippen LogP contribution is -2.25. The van der Waals surface area contributed by atoms with Crippen LogP contribution in [0.3, 0.4) is 0 Å². The van der Waals surface area contributed by atoms with E-state index in [0.29, 0.717) is 24.2 Å². The van der Waals surface area contributed by atoms with E-state index in [1.165, 1.54) is 6.92 Å². The fraction of sp³-hybridized carbons (Fsp3) is 0.391. The second kappa shape index (κ2) is 8.80. The van der Waals surface area contributed by atoms with Crippen LogP contribution in [0.5, 0.6) is 5.75 Å². The van der Waals surface area contributed by atoms with Gasteiger partial charge >= 0.3 is 0 Å². The number of ether oxygens (including phenoxy) is 1. The third kappa shape index (κ3) is 5.14. The van der Waals surface area contributed by atoms with Crippen molar-refractivity contribution in [2.24, 2.45) is 5.92 Å². The number of sulfone groups is 1. The predicted octanol–water partition coefficient (Wildman–Crippen LogP) is 2.66. The SMILES string of the molecule is CC(=O)c1cccc(OC[C@H](O)Cn2c(C[C@H]3CCS(=O)(=O)C3)nc3ccccc32)c1. The topological polar surface area (TPSA) is 98.5 Å². The minimum absolute atomic E-state index is 0.0447. The van der Waals surface area contributed by atoms with E-state index in [9.17, 15) is 18.3 Å². The lowest BCUT2D eigenvalue weighted by Gasteiger charge is -2.17. The lowest BCUT2D eigenvalue weighted by atomic mass is 10.1. The predicted molar refractivity (Wildman–Crippen MR) is 118 cm³/mol. The number of ketones is 1. The third-order valence-corrected chi connectivity index (χ3v) is 7.44. The quantitative estimate of drug-likeness (QED) is 0.539. The Morgan fingerprint density at radius 1 is 1.26 bits per heavy atom. The Balaban J connectivity index is 1.49. The van der Waals surface area contributed by atoms with Crippen molar-refractivity contribution in [1.82, 2.24) is 9.55 Å². The Labute approximate surface area is 181 Å². The highest BCUT2D eigenvalue weighted by Crippen LogP contribution is 2.25. The molecule has 8 heteroatoms. The van der Waals surface area contributed by atoms with Crippen LogP contribution in [0.4, 0.5) is 0 Å². The first-order chi connectivity index (χ1) is 14.8. The second-order valence-electron chi connectivity index (χ2n) is 8.15. The zero-order valence-electron chi connectivity index (χ0n) is 17.4. The highest BCUT2D eigenvalue weighted by atomic mass is 32.2. The Morgan fingerprint density at radius 3 is 2.81 bits per heavy atom. The molecule has 1 aliphatic rings. The number of benzene rings is 2. The molecule has 1 N–H and O–H groups in total. The molecule has 0 aliphatic carbocycles. The van der Waals surface area contributed by atoms with Crippen LogP contribution in [-0.2, 0) is 22.8 Å². The minimum Gasteiger partial charge on any atom is -0.491 e. The van der Waals surface area contributed by atoms with E-state index in [2.05, 4.69) is 0 Å². The van der Waals surface area contributed by atoms with Gasteiger partial charge in [-0.05, 0) is 43.5 Å². The summed E-state index contributed by atoms with van der Waals surface area (Å²) in [5, 5.41) is 10.7. The van der Waals surface area contributed by atoms with Crippen LogP contribution in [0, 0.1) is 5.92 Å². The Kier molecular flexibility index (Phi) is 6.11. The third-order valence-electron chi connectivity index (χ3n) is 5.61. The summed E-state index contributed by atoms with van der Waals surface area (Å²) in [5.74, 6) is 1.72. The molecule has 0 spiro atoms. The van der Waals surface area contributed by atoms with E-state index >= 15 is 0 Å². The van der Waals surface area contributed by atoms with Crippen molar-refractivity contribution in [2.75, 3.05) is 18.1 Å². The van der Waals surface area contributed by atoms with E-state index in [-0.39, 0.29) is 36.4 Å². The standard InChI is InChI=1S/C23H26N2O5S/c1-16(26)18-5-4-6-20(12-18)30-14-19(27)13-25-22-8-3-2-7-21(22)24-23(25)11-17-9-10-31(28,29)15-17/h2-8,12,17,19,27H,9-11,13-15H2,1H3/t17-,19-/m1/s1. The second-order valence-corrected chi connectivity index (χ2v) is 10.4. The van der Waals surface area contributed by atoms with Crippen LogP contribution in [0.25, 0.3) is 11.0 Å². The van der Waals surface area contributed by atoms with Gasteiger partial charge in [0.1, 0.15) is 24.3 Å². The maximum atomic E-state index is 11.8. The molecule has 1 aliphatic heterocycles. The van der Waals surface area contributed by atoms with Crippen molar-refractivity contribution in [3.8, 4) is 5.75 Å². The van der Waals surface area contributed by atoms with E-state index in [0.717, 1.165) is 16.9 Å². The molecule has 0 bridgehead atoms. The molecular weight excluding hydrogens is 416 g/mol. The summed E-state index contributed by atoms with van der Waals surface area (Å²) in [6.07, 6.45) is 0.399. The number of fused-ring (bicyclic) bond motifs is 1. The molecule has 2 heterocycles. The summed E-state index contributed by atoms with van der Waals surface area (Å²) in [6.45, 7) is 1.84. The van der Waals surface area contributed by atoms with Gasteiger partial charge in [0.05, 0.1) is 29.1 Å². The average Bonchev–Trinajstić information content (AvgIpc) is 3.26. The summed E-state index contributed by atoms with van der Waals surface area (Å²) >= 11 is 0. The maximum absolute atomic E-state index is 11.8. The first kappa shape index (κ1) is 21.5. The smallest absolute Gasteiger partial charge is 0.159 e. The number of imidazole rings is 1. The first-order valence-corrected chi connectivity index (χ1v) is 12.2. The van der Waals surface area contributed by atoms with Gasteiger partial charge in [-0.2, -0.15) is 0 Å². The van der Waals surface area contributed by atoms with E-state index in [1.54, 1.807) is 24.3 Å². The molecule has 0 saturated carbocycles. The van der Waals surface area contributed by atoms with Crippen LogP contribution in [0.15, 0.2) is 48.5 Å². The van der Waals surface area contributed by atoms with Crippen LogP contribution in [0.2, 0.25) is 0 Å². The number of para-hydroxylation sites is 2. The van der Waals surface area contributed by atoms with Crippen LogP contribution in [0.1, 0.15) is 29.5 Å². The monoisotopic (exact) mass is 442 g/mol. The van der Waals surface area contributed by atoms with Crippen LogP contribution >= 0.6 is 0 Å². The van der Waals surface area contributed by atoms with E-state index in [1.807, 2.05) is 28.8 Å². The summed E-state index contributed by atoms with van der Waals surface area (Å²) < 4.78 is 31.4. The molecule has 3 aromatic rings. The molecule has 1 aromatic heterocycles. The van der Waals surface area contributed by atoms with Gasteiger partial charge in [-0.25, -0.2) is 13.4 Å². The van der Waals surface area contributed by atoms with Crippen molar-refractivity contribution in [1.29, 1.82) is 0 Å². The van der Waals surface area contributed by atoms with Gasteiger partial charge in [0, 0.05) is 12.0 Å². The maximum Gasteiger partial charge on any atom is 0.159 e. The number of hydrogen-bond acceptors (Lipinski definition) is 6. The largest absolute Gasteiger partial charge is 0.491 e. The van der Waals surface area contributed by atoms with Gasteiger partial charge in [-0.3, -0.25) is 4.79 Å². The van der Waals surface area contributed by atoms with Gasteiger partial charge in [0.15, 0.2) is 15.6 Å². The summed E-state index contributed by atoms with van der Waals surface area (Å²) in [4.78, 5) is 16.2. The number of aliphatic hydroxyl groups is 1. The lowest BCUT2D eigenvalue weighted by molar-refractivity contribution is 0.0924. The molecule has 2 atom stereocenters. The molecule has 4 rings (SSSR count). The number of Topliss-reactive ketones (excluding diaryl/α,β-unsaturated/α-hetero) is 1. The number of rotatable bonds is 8. The average molecular weight is 443 g/mol. The van der Waals surface area contributed by atoms with E-state index < -0.39 is 15.9 Å². The molecule has 164 valence electrons. The number of aliphatic hydroxyl groups excluding tert-OH is 1. The van der Waals surface area contributed by atoms with Crippen molar-refractivity contribution in [3.05, 3.63) is 59.9 Å². The zero-order valence-corrected chi connectivity index (χ0v) is 18.2. The molecule has 31 heavy (non-hydrogen) atoms. The summed E-state index contributed by atoms with van der Waals surface area (Å²) in [7, 11) is -2.96. The highest BCUT2D eigenvalue weighted by molar-refractivity contribution is 7.91. The number of carbonyl (C=O) groups is 1. The molecule has 0 radical (unpaired) electrons. The highest BCUT2D eigenvalue weighted by Gasteiger charge is 2.29. The van der Waals surface area contributed by atoms with Crippen LogP contribution in [-0.4, -0.2) is 53.1 Å². The van der Waals surface area contributed by atoms with Gasteiger partial charge in [0.25, 0.3) is 0 Å².